The molecule has 4 atom stereocenters. The van der Waals surface area contributed by atoms with Gasteiger partial charge in [-0.3, -0.25) is 14.1 Å². The van der Waals surface area contributed by atoms with E-state index in [1.807, 2.05) is 0 Å². The summed E-state index contributed by atoms with van der Waals surface area (Å²) in [6, 6.07) is 2.62. The number of halogens is 1. The maximum atomic E-state index is 13.0. The van der Waals surface area contributed by atoms with Gasteiger partial charge in [0, 0.05) is 12.5 Å². The standard InChI is InChI=1S/C21H30FN3O8S/c1-12(2)9-16(25-21(29)33-11-13-3-5-15(22)6-4-13)19(27)24-17(20(28)34(30,31)32)10-14-7-8-23-18(14)26/h3-6,12,14,16-17,20,28H,7-11H2,1-2H3,(H,23,26)(H,24,27)(H,25,29)(H,30,31,32)/t14-,16-,17-,20+/m0/s1. The van der Waals surface area contributed by atoms with Crippen LogP contribution in [0.25, 0.3) is 0 Å². The van der Waals surface area contributed by atoms with Gasteiger partial charge in [0.25, 0.3) is 10.1 Å². The summed E-state index contributed by atoms with van der Waals surface area (Å²) < 4.78 is 50.4. The topological polar surface area (TPSA) is 171 Å². The van der Waals surface area contributed by atoms with Crippen LogP contribution in [0.1, 0.15) is 38.7 Å². The number of hydrogen-bond acceptors (Lipinski definition) is 7. The Bertz CT molecular complexity index is 971. The molecule has 1 heterocycles. The summed E-state index contributed by atoms with van der Waals surface area (Å²) in [6.07, 6.45) is -0.655. The number of hydrogen-bond donors (Lipinski definition) is 5. The highest BCUT2D eigenvalue weighted by molar-refractivity contribution is 7.86. The lowest BCUT2D eigenvalue weighted by atomic mass is 9.97. The Morgan fingerprint density at radius 1 is 1.24 bits per heavy atom. The van der Waals surface area contributed by atoms with Gasteiger partial charge in [-0.05, 0) is 42.9 Å². The quantitative estimate of drug-likeness (QED) is 0.274. The summed E-state index contributed by atoms with van der Waals surface area (Å²) in [5.41, 5.74) is -1.84. The van der Waals surface area contributed by atoms with Gasteiger partial charge in [-0.15, -0.1) is 0 Å². The predicted octanol–water partition coefficient (Wildman–Crippen LogP) is 0.684. The maximum absolute atomic E-state index is 13.0. The van der Waals surface area contributed by atoms with E-state index in [4.69, 9.17) is 4.74 Å². The van der Waals surface area contributed by atoms with E-state index in [2.05, 4.69) is 16.0 Å². The monoisotopic (exact) mass is 503 g/mol. The summed E-state index contributed by atoms with van der Waals surface area (Å²) >= 11 is 0. The fourth-order valence-corrected chi connectivity index (χ4v) is 4.12. The van der Waals surface area contributed by atoms with E-state index in [0.29, 0.717) is 18.5 Å². The van der Waals surface area contributed by atoms with Crippen molar-refractivity contribution in [2.24, 2.45) is 11.8 Å². The summed E-state index contributed by atoms with van der Waals surface area (Å²) in [5.74, 6) is -2.36. The Balaban J connectivity index is 2.07. The fourth-order valence-electron chi connectivity index (χ4n) is 3.53. The van der Waals surface area contributed by atoms with Gasteiger partial charge in [0.15, 0.2) is 0 Å². The molecule has 34 heavy (non-hydrogen) atoms. The Hall–Kier alpha value is -2.77. The number of nitrogens with one attached hydrogen (secondary N) is 3. The summed E-state index contributed by atoms with van der Waals surface area (Å²) in [6.45, 7) is 3.77. The van der Waals surface area contributed by atoms with E-state index in [0.717, 1.165) is 0 Å². The Morgan fingerprint density at radius 3 is 2.41 bits per heavy atom. The summed E-state index contributed by atoms with van der Waals surface area (Å²) in [5, 5.41) is 17.4. The lowest BCUT2D eigenvalue weighted by Gasteiger charge is -2.27. The third-order valence-electron chi connectivity index (χ3n) is 5.28. The summed E-state index contributed by atoms with van der Waals surface area (Å²) in [7, 11) is -4.95. The number of carbonyl (C=O) groups is 3. The molecular formula is C21H30FN3O8S. The zero-order valence-corrected chi connectivity index (χ0v) is 19.7. The Morgan fingerprint density at radius 2 is 1.88 bits per heavy atom. The SMILES string of the molecule is CC(C)C[C@H](NC(=O)OCc1ccc(F)cc1)C(=O)N[C@@H](C[C@@H]1CCNC1=O)[C@H](O)S(=O)(=O)O. The molecule has 0 radical (unpaired) electrons. The number of alkyl carbamates (subject to hydrolysis) is 1. The Kier molecular flexibility index (Phi) is 9.77. The second-order valence-electron chi connectivity index (χ2n) is 8.56. The van der Waals surface area contributed by atoms with Crippen molar-refractivity contribution in [2.75, 3.05) is 6.54 Å². The van der Waals surface area contributed by atoms with E-state index in [1.54, 1.807) is 13.8 Å². The number of ether oxygens (including phenoxy) is 1. The normalized spacial score (nSPS) is 18.6. The zero-order chi connectivity index (χ0) is 25.5. The molecule has 1 aromatic rings. The van der Waals surface area contributed by atoms with Crippen LogP contribution in [-0.4, -0.2) is 60.0 Å². The van der Waals surface area contributed by atoms with E-state index >= 15 is 0 Å². The largest absolute Gasteiger partial charge is 0.445 e. The number of benzene rings is 1. The highest BCUT2D eigenvalue weighted by Gasteiger charge is 2.37. The molecule has 0 aliphatic carbocycles. The predicted molar refractivity (Wildman–Crippen MR) is 118 cm³/mol. The minimum absolute atomic E-state index is 0.0706. The van der Waals surface area contributed by atoms with Crippen LogP contribution >= 0.6 is 0 Å². The average molecular weight is 504 g/mol. The molecule has 0 spiro atoms. The van der Waals surface area contributed by atoms with Gasteiger partial charge in [-0.1, -0.05) is 26.0 Å². The van der Waals surface area contributed by atoms with Crippen LogP contribution in [0.15, 0.2) is 24.3 Å². The molecule has 0 saturated carbocycles. The van der Waals surface area contributed by atoms with Crippen molar-refractivity contribution >= 4 is 28.0 Å². The van der Waals surface area contributed by atoms with Crippen molar-refractivity contribution in [3.63, 3.8) is 0 Å². The van der Waals surface area contributed by atoms with E-state index < -0.39 is 51.4 Å². The molecule has 0 aromatic heterocycles. The van der Waals surface area contributed by atoms with Crippen LogP contribution < -0.4 is 16.0 Å². The van der Waals surface area contributed by atoms with Gasteiger partial charge in [0.2, 0.25) is 17.3 Å². The van der Waals surface area contributed by atoms with Gasteiger partial charge < -0.3 is 25.8 Å². The molecule has 5 N–H and O–H groups in total. The first-order chi connectivity index (χ1) is 15.9. The van der Waals surface area contributed by atoms with Crippen molar-refractivity contribution in [3.8, 4) is 0 Å². The van der Waals surface area contributed by atoms with Crippen LogP contribution in [0.5, 0.6) is 0 Å². The molecule has 2 rings (SSSR count). The van der Waals surface area contributed by atoms with Gasteiger partial charge in [0.1, 0.15) is 18.5 Å². The zero-order valence-electron chi connectivity index (χ0n) is 18.9. The average Bonchev–Trinajstić information content (AvgIpc) is 3.15. The first-order valence-corrected chi connectivity index (χ1v) is 12.3. The third kappa shape index (κ3) is 8.54. The smallest absolute Gasteiger partial charge is 0.408 e. The first kappa shape index (κ1) is 27.5. The minimum atomic E-state index is -4.95. The Labute approximate surface area is 197 Å². The van der Waals surface area contributed by atoms with E-state index in [1.165, 1.54) is 24.3 Å². The van der Waals surface area contributed by atoms with Gasteiger partial charge >= 0.3 is 6.09 Å². The van der Waals surface area contributed by atoms with Crippen LogP contribution in [0.3, 0.4) is 0 Å². The molecule has 1 fully saturated rings. The molecule has 1 aromatic carbocycles. The fraction of sp³-hybridized carbons (Fsp3) is 0.571. The van der Waals surface area contributed by atoms with Crippen molar-refractivity contribution in [3.05, 3.63) is 35.6 Å². The van der Waals surface area contributed by atoms with Crippen LogP contribution in [0.4, 0.5) is 9.18 Å². The van der Waals surface area contributed by atoms with E-state index in [9.17, 15) is 36.9 Å². The number of aliphatic hydroxyl groups excluding tert-OH is 1. The first-order valence-electron chi connectivity index (χ1n) is 10.8. The van der Waals surface area contributed by atoms with Crippen LogP contribution in [-0.2, 0) is 31.1 Å². The molecule has 3 amide bonds. The van der Waals surface area contributed by atoms with Crippen LogP contribution in [0.2, 0.25) is 0 Å². The molecule has 0 unspecified atom stereocenters. The highest BCUT2D eigenvalue weighted by Crippen LogP contribution is 2.20. The second kappa shape index (κ2) is 12.1. The van der Waals surface area contributed by atoms with Gasteiger partial charge in [-0.2, -0.15) is 8.42 Å². The van der Waals surface area contributed by atoms with Gasteiger partial charge in [-0.25, -0.2) is 9.18 Å². The molecular weight excluding hydrogens is 473 g/mol. The summed E-state index contributed by atoms with van der Waals surface area (Å²) in [4.78, 5) is 37.1. The van der Waals surface area contributed by atoms with Gasteiger partial charge in [0.05, 0.1) is 6.04 Å². The van der Waals surface area contributed by atoms with Crippen LogP contribution in [0, 0.1) is 17.7 Å². The van der Waals surface area contributed by atoms with Crippen molar-refractivity contribution < 1.29 is 41.6 Å². The maximum Gasteiger partial charge on any atom is 0.408 e. The van der Waals surface area contributed by atoms with Crippen molar-refractivity contribution in [2.45, 2.75) is 57.2 Å². The molecule has 1 saturated heterocycles. The van der Waals surface area contributed by atoms with E-state index in [-0.39, 0.29) is 31.3 Å². The highest BCUT2D eigenvalue weighted by atomic mass is 32.2. The minimum Gasteiger partial charge on any atom is -0.445 e. The number of aliphatic hydroxyl groups is 1. The number of amides is 3. The second-order valence-corrected chi connectivity index (χ2v) is 10.1. The molecule has 1 aliphatic heterocycles. The third-order valence-corrected chi connectivity index (χ3v) is 6.22. The number of carbonyl (C=O) groups excluding carboxylic acids is 3. The lowest BCUT2D eigenvalue weighted by molar-refractivity contribution is -0.126. The van der Waals surface area contributed by atoms with Crippen molar-refractivity contribution in [1.82, 2.24) is 16.0 Å². The molecule has 190 valence electrons. The van der Waals surface area contributed by atoms with Crippen molar-refractivity contribution in [1.29, 1.82) is 0 Å². The lowest BCUT2D eigenvalue weighted by Crippen LogP contribution is -2.54. The molecule has 11 nitrogen and oxygen atoms in total. The molecule has 0 bridgehead atoms. The molecule has 13 heteroatoms. The number of rotatable bonds is 11. The molecule has 1 aliphatic rings.